The van der Waals surface area contributed by atoms with Crippen molar-refractivity contribution < 1.29 is 9.18 Å². The predicted octanol–water partition coefficient (Wildman–Crippen LogP) is 1.73. The van der Waals surface area contributed by atoms with Gasteiger partial charge in [-0.2, -0.15) is 5.10 Å². The second kappa shape index (κ2) is 5.42. The molecule has 0 aliphatic rings. The number of aromatic nitrogens is 2. The van der Waals surface area contributed by atoms with Crippen molar-refractivity contribution in [1.82, 2.24) is 14.7 Å². The molecule has 1 heterocycles. The Morgan fingerprint density at radius 1 is 1.40 bits per heavy atom. The molecule has 0 aliphatic heterocycles. The van der Waals surface area contributed by atoms with Gasteiger partial charge in [-0.25, -0.2) is 9.07 Å². The summed E-state index contributed by atoms with van der Waals surface area (Å²) in [5.41, 5.74) is 7.02. The molecule has 1 aromatic carbocycles. The number of halogens is 1. The minimum atomic E-state index is -0.424. The van der Waals surface area contributed by atoms with Gasteiger partial charge in [0.25, 0.3) is 5.91 Å². The number of hydrogen-bond acceptors (Lipinski definition) is 3. The zero-order chi connectivity index (χ0) is 14.9. The van der Waals surface area contributed by atoms with Gasteiger partial charge in [0.15, 0.2) is 5.69 Å². The number of carbonyl (C=O) groups is 1. The second-order valence-electron chi connectivity index (χ2n) is 4.81. The molecule has 6 heteroatoms. The number of rotatable bonds is 3. The quantitative estimate of drug-likeness (QED) is 0.928. The highest BCUT2D eigenvalue weighted by Gasteiger charge is 2.17. The topological polar surface area (TPSA) is 64.2 Å². The third-order valence-corrected chi connectivity index (χ3v) is 2.95. The summed E-state index contributed by atoms with van der Waals surface area (Å²) in [6, 6.07) is 5.92. The Balaban J connectivity index is 2.50. The number of nitrogens with zero attached hydrogens (tertiary/aromatic N) is 3. The normalized spacial score (nSPS) is 12.2. The molecular weight excluding hydrogens is 259 g/mol. The minimum Gasteiger partial charge on any atom is -0.343 e. The minimum absolute atomic E-state index is 0.234. The van der Waals surface area contributed by atoms with Crippen molar-refractivity contribution in [3.05, 3.63) is 47.5 Å². The molecule has 0 saturated heterocycles. The molecule has 0 fully saturated rings. The molecule has 0 bridgehead atoms. The number of benzene rings is 1. The largest absolute Gasteiger partial charge is 0.343 e. The van der Waals surface area contributed by atoms with Crippen LogP contribution >= 0.6 is 0 Å². The summed E-state index contributed by atoms with van der Waals surface area (Å²) in [4.78, 5) is 13.2. The Morgan fingerprint density at radius 3 is 2.70 bits per heavy atom. The number of nitrogens with two attached hydrogens (primary N) is 1. The van der Waals surface area contributed by atoms with Crippen molar-refractivity contribution in [3.8, 4) is 5.69 Å². The lowest BCUT2D eigenvalue weighted by Gasteiger charge is -2.13. The summed E-state index contributed by atoms with van der Waals surface area (Å²) in [5.74, 6) is -0.658. The summed E-state index contributed by atoms with van der Waals surface area (Å²) < 4.78 is 15.4. The van der Waals surface area contributed by atoms with Gasteiger partial charge >= 0.3 is 0 Å². The fraction of sp³-hybridized carbons (Fsp3) is 0.286. The van der Waals surface area contributed by atoms with Crippen LogP contribution in [0, 0.1) is 5.82 Å². The summed E-state index contributed by atoms with van der Waals surface area (Å²) >= 11 is 0. The number of para-hydroxylation sites is 1. The average molecular weight is 276 g/mol. The van der Waals surface area contributed by atoms with E-state index in [-0.39, 0.29) is 23.3 Å². The van der Waals surface area contributed by atoms with Crippen molar-refractivity contribution in [3.63, 3.8) is 0 Å². The zero-order valence-electron chi connectivity index (χ0n) is 11.7. The lowest BCUT2D eigenvalue weighted by molar-refractivity contribution is 0.0821. The van der Waals surface area contributed by atoms with Crippen LogP contribution in [0.4, 0.5) is 4.39 Å². The molecule has 0 saturated carbocycles. The fourth-order valence-corrected chi connectivity index (χ4v) is 1.93. The maximum Gasteiger partial charge on any atom is 0.273 e. The zero-order valence-corrected chi connectivity index (χ0v) is 11.7. The van der Waals surface area contributed by atoms with E-state index in [0.717, 1.165) is 0 Å². The van der Waals surface area contributed by atoms with E-state index in [0.29, 0.717) is 5.56 Å². The fourth-order valence-electron chi connectivity index (χ4n) is 1.93. The van der Waals surface area contributed by atoms with Gasteiger partial charge in [-0.15, -0.1) is 0 Å². The third kappa shape index (κ3) is 2.55. The first-order chi connectivity index (χ1) is 9.41. The molecule has 20 heavy (non-hydrogen) atoms. The molecule has 0 unspecified atom stereocenters. The molecule has 0 spiro atoms. The standard InChI is InChI=1S/C14H17FN4O/c1-9(16)10-5-4-6-11(15)13(10)19-8-7-12(17-19)14(20)18(2)3/h4-9H,16H2,1-3H3/t9-/m0/s1. The Hall–Kier alpha value is -2.21. The van der Waals surface area contributed by atoms with Crippen LogP contribution in [0.3, 0.4) is 0 Å². The molecule has 1 aromatic heterocycles. The molecule has 5 nitrogen and oxygen atoms in total. The van der Waals surface area contributed by atoms with E-state index < -0.39 is 5.82 Å². The maximum atomic E-state index is 14.1. The maximum absolute atomic E-state index is 14.1. The van der Waals surface area contributed by atoms with Gasteiger partial charge in [0, 0.05) is 26.3 Å². The number of hydrogen-bond donors (Lipinski definition) is 1. The summed E-state index contributed by atoms with van der Waals surface area (Å²) in [6.45, 7) is 1.77. The number of amides is 1. The van der Waals surface area contributed by atoms with Gasteiger partial charge in [-0.1, -0.05) is 12.1 Å². The Labute approximate surface area is 116 Å². The van der Waals surface area contributed by atoms with E-state index >= 15 is 0 Å². The molecule has 2 N–H and O–H groups in total. The molecule has 1 amide bonds. The van der Waals surface area contributed by atoms with Crippen LogP contribution in [0.25, 0.3) is 5.69 Å². The van der Waals surface area contributed by atoms with Crippen LogP contribution in [0.5, 0.6) is 0 Å². The van der Waals surface area contributed by atoms with E-state index in [1.165, 1.54) is 15.6 Å². The molecule has 2 aromatic rings. The van der Waals surface area contributed by atoms with E-state index in [4.69, 9.17) is 5.73 Å². The highest BCUT2D eigenvalue weighted by atomic mass is 19.1. The Kier molecular flexibility index (Phi) is 3.85. The third-order valence-electron chi connectivity index (χ3n) is 2.95. The summed E-state index contributed by atoms with van der Waals surface area (Å²) in [5, 5.41) is 4.14. The molecule has 0 aliphatic carbocycles. The molecule has 2 rings (SSSR count). The van der Waals surface area contributed by atoms with E-state index in [9.17, 15) is 9.18 Å². The van der Waals surface area contributed by atoms with Gasteiger partial charge in [-0.3, -0.25) is 4.79 Å². The first kappa shape index (κ1) is 14.2. The van der Waals surface area contributed by atoms with E-state index in [1.54, 1.807) is 45.4 Å². The van der Waals surface area contributed by atoms with Crippen molar-refractivity contribution in [2.45, 2.75) is 13.0 Å². The highest BCUT2D eigenvalue weighted by molar-refractivity contribution is 5.91. The first-order valence-electron chi connectivity index (χ1n) is 6.23. The van der Waals surface area contributed by atoms with Crippen LogP contribution in [-0.4, -0.2) is 34.7 Å². The van der Waals surface area contributed by atoms with Crippen LogP contribution in [-0.2, 0) is 0 Å². The summed E-state index contributed by atoms with van der Waals surface area (Å²) in [7, 11) is 3.27. The average Bonchev–Trinajstić information content (AvgIpc) is 2.86. The van der Waals surface area contributed by atoms with Gasteiger partial charge < -0.3 is 10.6 Å². The van der Waals surface area contributed by atoms with Crippen molar-refractivity contribution >= 4 is 5.91 Å². The van der Waals surface area contributed by atoms with Gasteiger partial charge in [0.1, 0.15) is 11.5 Å². The van der Waals surface area contributed by atoms with Crippen LogP contribution in [0.1, 0.15) is 29.0 Å². The number of carbonyl (C=O) groups excluding carboxylic acids is 1. The molecule has 1 atom stereocenters. The van der Waals surface area contributed by atoms with Crippen LogP contribution < -0.4 is 5.73 Å². The molecule has 106 valence electrons. The summed E-state index contributed by atoms with van der Waals surface area (Å²) in [6.07, 6.45) is 1.56. The van der Waals surface area contributed by atoms with Gasteiger partial charge in [0.05, 0.1) is 0 Å². The van der Waals surface area contributed by atoms with Gasteiger partial charge in [0.2, 0.25) is 0 Å². The Morgan fingerprint density at radius 2 is 2.10 bits per heavy atom. The Bertz CT molecular complexity index is 634. The smallest absolute Gasteiger partial charge is 0.273 e. The lowest BCUT2D eigenvalue weighted by Crippen LogP contribution is -2.22. The predicted molar refractivity (Wildman–Crippen MR) is 74.1 cm³/mol. The van der Waals surface area contributed by atoms with E-state index in [1.807, 2.05) is 0 Å². The monoisotopic (exact) mass is 276 g/mol. The van der Waals surface area contributed by atoms with E-state index in [2.05, 4.69) is 5.10 Å². The van der Waals surface area contributed by atoms with Gasteiger partial charge in [-0.05, 0) is 24.6 Å². The van der Waals surface area contributed by atoms with Crippen molar-refractivity contribution in [1.29, 1.82) is 0 Å². The highest BCUT2D eigenvalue weighted by Crippen LogP contribution is 2.23. The molecular formula is C14H17FN4O. The SMILES string of the molecule is C[C@H](N)c1cccc(F)c1-n1ccc(C(=O)N(C)C)n1. The first-order valence-corrected chi connectivity index (χ1v) is 6.23. The van der Waals surface area contributed by atoms with Crippen molar-refractivity contribution in [2.24, 2.45) is 5.73 Å². The lowest BCUT2D eigenvalue weighted by atomic mass is 10.1. The van der Waals surface area contributed by atoms with Crippen LogP contribution in [0.15, 0.2) is 30.5 Å². The second-order valence-corrected chi connectivity index (χ2v) is 4.81. The molecule has 0 radical (unpaired) electrons. The van der Waals surface area contributed by atoms with Crippen molar-refractivity contribution in [2.75, 3.05) is 14.1 Å². The van der Waals surface area contributed by atoms with Crippen LogP contribution in [0.2, 0.25) is 0 Å².